The van der Waals surface area contributed by atoms with Crippen LogP contribution in [0.5, 0.6) is 0 Å². The lowest BCUT2D eigenvalue weighted by molar-refractivity contribution is -0.170. The Morgan fingerprint density at radius 1 is 1.25 bits per heavy atom. The van der Waals surface area contributed by atoms with E-state index < -0.39 is 18.0 Å². The highest BCUT2D eigenvalue weighted by molar-refractivity contribution is 6.02. The first-order valence-corrected chi connectivity index (χ1v) is 7.65. The van der Waals surface area contributed by atoms with Gasteiger partial charge in [-0.1, -0.05) is 6.92 Å². The number of rotatable bonds is 3. The van der Waals surface area contributed by atoms with Gasteiger partial charge in [-0.3, -0.25) is 9.59 Å². The number of nitrogens with two attached hydrogens (primary N) is 1. The van der Waals surface area contributed by atoms with Gasteiger partial charge in [0.05, 0.1) is 5.56 Å². The van der Waals surface area contributed by atoms with Gasteiger partial charge in [-0.15, -0.1) is 0 Å². The van der Waals surface area contributed by atoms with Crippen LogP contribution >= 0.6 is 0 Å². The normalized spacial score (nSPS) is 16.1. The Hall–Kier alpha value is -2.25. The number of primary amides is 1. The zero-order chi connectivity index (χ0) is 18.1. The second kappa shape index (κ2) is 6.70. The molecule has 8 heteroatoms. The summed E-state index contributed by atoms with van der Waals surface area (Å²) in [6.07, 6.45) is -3.05. The molecule has 1 fully saturated rings. The van der Waals surface area contributed by atoms with Crippen LogP contribution < -0.4 is 15.5 Å². The molecule has 0 atom stereocenters. The predicted octanol–water partition coefficient (Wildman–Crippen LogP) is 2.55. The van der Waals surface area contributed by atoms with Gasteiger partial charge >= 0.3 is 12.1 Å². The third kappa shape index (κ3) is 3.80. The number of hydrogen-bond acceptors (Lipinski definition) is 3. The van der Waals surface area contributed by atoms with E-state index >= 15 is 0 Å². The van der Waals surface area contributed by atoms with Crippen molar-refractivity contribution in [2.75, 3.05) is 29.9 Å². The topological polar surface area (TPSA) is 66.6 Å². The van der Waals surface area contributed by atoms with Gasteiger partial charge in [-0.25, -0.2) is 0 Å². The van der Waals surface area contributed by atoms with E-state index in [2.05, 4.69) is 6.92 Å². The van der Waals surface area contributed by atoms with Crippen LogP contribution in [-0.2, 0) is 4.79 Å². The molecule has 0 aliphatic carbocycles. The lowest BCUT2D eigenvalue weighted by atomic mass is 9.98. The second-order valence-corrected chi connectivity index (χ2v) is 6.10. The van der Waals surface area contributed by atoms with Crippen LogP contribution in [0.3, 0.4) is 0 Å². The van der Waals surface area contributed by atoms with Crippen LogP contribution in [0.4, 0.5) is 24.5 Å². The Kier molecular flexibility index (Phi) is 5.05. The molecule has 1 saturated heterocycles. The Bertz CT molecular complexity index is 638. The number of alkyl halides is 3. The van der Waals surface area contributed by atoms with E-state index in [9.17, 15) is 22.8 Å². The van der Waals surface area contributed by atoms with Crippen molar-refractivity contribution in [3.8, 4) is 0 Å². The van der Waals surface area contributed by atoms with Crippen LogP contribution in [-0.4, -0.2) is 38.1 Å². The number of hydrogen-bond donors (Lipinski definition) is 1. The minimum absolute atomic E-state index is 0.0275. The van der Waals surface area contributed by atoms with E-state index in [1.54, 1.807) is 6.07 Å². The molecule has 2 rings (SSSR count). The fourth-order valence-electron chi connectivity index (χ4n) is 2.76. The average molecular weight is 343 g/mol. The van der Waals surface area contributed by atoms with Crippen molar-refractivity contribution >= 4 is 23.2 Å². The monoisotopic (exact) mass is 343 g/mol. The number of anilines is 2. The molecule has 1 aliphatic heterocycles. The third-order valence-corrected chi connectivity index (χ3v) is 4.30. The number of amides is 2. The van der Waals surface area contributed by atoms with Crippen molar-refractivity contribution in [3.63, 3.8) is 0 Å². The van der Waals surface area contributed by atoms with Crippen molar-refractivity contribution in [1.82, 2.24) is 0 Å². The minimum Gasteiger partial charge on any atom is -0.371 e. The summed E-state index contributed by atoms with van der Waals surface area (Å²) in [5.74, 6) is -2.15. The van der Waals surface area contributed by atoms with Crippen molar-refractivity contribution in [2.24, 2.45) is 11.7 Å². The number of nitrogens with zero attached hydrogens (tertiary/aromatic N) is 2. The molecule has 132 valence electrons. The standard InChI is InChI=1S/C16H20F3N3O2/c1-10-5-7-22(8-6-10)13-4-3-11(9-12(13)14(20)23)21(2)15(24)16(17,18)19/h3-4,9-10H,5-8H2,1-2H3,(H2,20,23). The van der Waals surface area contributed by atoms with E-state index in [1.165, 1.54) is 12.1 Å². The maximum absolute atomic E-state index is 12.6. The molecule has 0 radical (unpaired) electrons. The summed E-state index contributed by atoms with van der Waals surface area (Å²) in [6.45, 7) is 3.64. The van der Waals surface area contributed by atoms with E-state index in [0.717, 1.165) is 33.0 Å². The van der Waals surface area contributed by atoms with Crippen LogP contribution in [0.15, 0.2) is 18.2 Å². The smallest absolute Gasteiger partial charge is 0.371 e. The van der Waals surface area contributed by atoms with Gasteiger partial charge in [0.2, 0.25) is 0 Å². The van der Waals surface area contributed by atoms with Crippen molar-refractivity contribution < 1.29 is 22.8 Å². The van der Waals surface area contributed by atoms with Gasteiger partial charge in [0, 0.05) is 31.5 Å². The molecule has 1 aliphatic rings. The maximum Gasteiger partial charge on any atom is 0.471 e. The first-order chi connectivity index (χ1) is 11.1. The zero-order valence-electron chi connectivity index (χ0n) is 13.6. The van der Waals surface area contributed by atoms with Crippen LogP contribution in [0.25, 0.3) is 0 Å². The van der Waals surface area contributed by atoms with E-state index in [1.807, 2.05) is 4.90 Å². The van der Waals surface area contributed by atoms with E-state index in [0.29, 0.717) is 16.5 Å². The number of piperidine rings is 1. The van der Waals surface area contributed by atoms with Gasteiger partial charge < -0.3 is 15.5 Å². The van der Waals surface area contributed by atoms with Gasteiger partial charge in [0.1, 0.15) is 0 Å². The van der Waals surface area contributed by atoms with Gasteiger partial charge in [0.15, 0.2) is 0 Å². The average Bonchev–Trinajstić information content (AvgIpc) is 2.52. The summed E-state index contributed by atoms with van der Waals surface area (Å²) >= 11 is 0. The largest absolute Gasteiger partial charge is 0.471 e. The van der Waals surface area contributed by atoms with Crippen molar-refractivity contribution in [1.29, 1.82) is 0 Å². The first kappa shape index (κ1) is 18.1. The maximum atomic E-state index is 12.6. The molecular weight excluding hydrogens is 323 g/mol. The Labute approximate surface area is 138 Å². The number of benzene rings is 1. The summed E-state index contributed by atoms with van der Waals surface area (Å²) in [7, 11) is 1.01. The molecule has 0 bridgehead atoms. The SMILES string of the molecule is CC1CCN(c2ccc(N(C)C(=O)C(F)(F)F)cc2C(N)=O)CC1. The summed E-state index contributed by atoms with van der Waals surface area (Å²) in [6, 6.07) is 4.17. The Morgan fingerprint density at radius 2 is 1.83 bits per heavy atom. The highest BCUT2D eigenvalue weighted by atomic mass is 19.4. The molecule has 0 spiro atoms. The fraction of sp³-hybridized carbons (Fsp3) is 0.500. The molecule has 5 nitrogen and oxygen atoms in total. The third-order valence-electron chi connectivity index (χ3n) is 4.30. The predicted molar refractivity (Wildman–Crippen MR) is 85.0 cm³/mol. The molecule has 1 aromatic carbocycles. The number of halogens is 3. The van der Waals surface area contributed by atoms with Crippen LogP contribution in [0.1, 0.15) is 30.1 Å². The molecular formula is C16H20F3N3O2. The molecule has 2 amide bonds. The highest BCUT2D eigenvalue weighted by Crippen LogP contribution is 2.30. The first-order valence-electron chi connectivity index (χ1n) is 7.65. The van der Waals surface area contributed by atoms with E-state index in [4.69, 9.17) is 5.73 Å². The molecule has 1 heterocycles. The number of carbonyl (C=O) groups excluding carboxylic acids is 2. The summed E-state index contributed by atoms with van der Waals surface area (Å²) in [5, 5.41) is 0. The fourth-order valence-corrected chi connectivity index (χ4v) is 2.76. The summed E-state index contributed by atoms with van der Waals surface area (Å²) in [5.41, 5.74) is 6.06. The minimum atomic E-state index is -4.98. The van der Waals surface area contributed by atoms with Crippen LogP contribution in [0.2, 0.25) is 0 Å². The van der Waals surface area contributed by atoms with Crippen molar-refractivity contribution in [3.05, 3.63) is 23.8 Å². The van der Waals surface area contributed by atoms with Gasteiger partial charge in [-0.05, 0) is 37.0 Å². The highest BCUT2D eigenvalue weighted by Gasteiger charge is 2.41. The van der Waals surface area contributed by atoms with Crippen LogP contribution in [0, 0.1) is 5.92 Å². The molecule has 2 N–H and O–H groups in total. The summed E-state index contributed by atoms with van der Waals surface area (Å²) < 4.78 is 37.7. The van der Waals surface area contributed by atoms with Gasteiger partial charge in [-0.2, -0.15) is 13.2 Å². The zero-order valence-corrected chi connectivity index (χ0v) is 13.6. The lowest BCUT2D eigenvalue weighted by Gasteiger charge is -2.33. The molecule has 24 heavy (non-hydrogen) atoms. The molecule has 0 aromatic heterocycles. The summed E-state index contributed by atoms with van der Waals surface area (Å²) in [4.78, 5) is 25.5. The lowest BCUT2D eigenvalue weighted by Crippen LogP contribution is -2.39. The number of carbonyl (C=O) groups is 2. The van der Waals surface area contributed by atoms with Gasteiger partial charge in [0.25, 0.3) is 5.91 Å². The molecule has 1 aromatic rings. The van der Waals surface area contributed by atoms with E-state index in [-0.39, 0.29) is 11.3 Å². The Balaban J connectivity index is 2.33. The van der Waals surface area contributed by atoms with Crippen molar-refractivity contribution in [2.45, 2.75) is 25.9 Å². The second-order valence-electron chi connectivity index (χ2n) is 6.10. The molecule has 0 unspecified atom stereocenters. The molecule has 0 saturated carbocycles. The quantitative estimate of drug-likeness (QED) is 0.917. The Morgan fingerprint density at radius 3 is 2.33 bits per heavy atom.